The van der Waals surface area contributed by atoms with Crippen LogP contribution in [-0.4, -0.2) is 38.6 Å². The zero-order valence-electron chi connectivity index (χ0n) is 10.4. The van der Waals surface area contributed by atoms with E-state index in [1.54, 1.807) is 6.92 Å². The number of hydrogen-bond acceptors (Lipinski definition) is 5. The zero-order valence-corrected chi connectivity index (χ0v) is 12.8. The number of carboxylic acids is 1. The minimum absolute atomic E-state index is 0.141. The Morgan fingerprint density at radius 1 is 1.40 bits per heavy atom. The molecular formula is C11H12BrNO6S. The Morgan fingerprint density at radius 3 is 2.60 bits per heavy atom. The predicted octanol–water partition coefficient (Wildman–Crippen LogP) is 0.989. The fraction of sp³-hybridized carbons (Fsp3) is 0.273. The van der Waals surface area contributed by atoms with Gasteiger partial charge in [0.25, 0.3) is 0 Å². The number of halogens is 1. The number of esters is 1. The maximum Gasteiger partial charge on any atom is 0.336 e. The molecule has 0 unspecified atom stereocenters. The number of benzene rings is 1. The van der Waals surface area contributed by atoms with Gasteiger partial charge in [-0.25, -0.2) is 13.2 Å². The lowest BCUT2D eigenvalue weighted by Gasteiger charge is -2.08. The Kier molecular flexibility index (Phi) is 5.66. The standard InChI is InChI=1S/C11H12BrNO6S/c1-2-19-10(14)6-13-20(17,18)7-3-4-9(12)8(5-7)11(15)16/h3-5,13H,2,6H2,1H3,(H,15,16). The maximum atomic E-state index is 11.9. The second-order valence-electron chi connectivity index (χ2n) is 3.58. The van der Waals surface area contributed by atoms with Crippen molar-refractivity contribution in [3.05, 3.63) is 28.2 Å². The van der Waals surface area contributed by atoms with E-state index in [2.05, 4.69) is 20.7 Å². The molecule has 0 atom stereocenters. The third kappa shape index (κ3) is 4.29. The van der Waals surface area contributed by atoms with Crippen LogP contribution in [0.3, 0.4) is 0 Å². The van der Waals surface area contributed by atoms with Crippen LogP contribution in [0.2, 0.25) is 0 Å². The molecule has 0 fully saturated rings. The van der Waals surface area contributed by atoms with Crippen molar-refractivity contribution in [1.29, 1.82) is 0 Å². The number of nitrogens with one attached hydrogen (secondary N) is 1. The van der Waals surface area contributed by atoms with Crippen LogP contribution in [-0.2, 0) is 19.6 Å². The second-order valence-corrected chi connectivity index (χ2v) is 6.20. The Labute approximate surface area is 124 Å². The van der Waals surface area contributed by atoms with Crippen LogP contribution >= 0.6 is 15.9 Å². The molecule has 0 amide bonds. The summed E-state index contributed by atoms with van der Waals surface area (Å²) >= 11 is 3.01. The number of hydrogen-bond donors (Lipinski definition) is 2. The van der Waals surface area contributed by atoms with Crippen LogP contribution in [0.15, 0.2) is 27.6 Å². The van der Waals surface area contributed by atoms with Crippen LogP contribution in [0.5, 0.6) is 0 Å². The molecule has 1 aromatic carbocycles. The monoisotopic (exact) mass is 365 g/mol. The van der Waals surface area contributed by atoms with Gasteiger partial charge in [-0.15, -0.1) is 0 Å². The van der Waals surface area contributed by atoms with Crippen LogP contribution in [0.1, 0.15) is 17.3 Å². The van der Waals surface area contributed by atoms with E-state index >= 15 is 0 Å². The van der Waals surface area contributed by atoms with Gasteiger partial charge in [0, 0.05) is 4.47 Å². The summed E-state index contributed by atoms with van der Waals surface area (Å²) in [6.07, 6.45) is 0. The smallest absolute Gasteiger partial charge is 0.336 e. The van der Waals surface area contributed by atoms with Crippen molar-refractivity contribution in [1.82, 2.24) is 4.72 Å². The van der Waals surface area contributed by atoms with Crippen molar-refractivity contribution in [3.8, 4) is 0 Å². The number of sulfonamides is 1. The van der Waals surface area contributed by atoms with Gasteiger partial charge in [0.05, 0.1) is 17.1 Å². The van der Waals surface area contributed by atoms with E-state index in [9.17, 15) is 18.0 Å². The summed E-state index contributed by atoms with van der Waals surface area (Å²) in [5, 5.41) is 8.92. The summed E-state index contributed by atoms with van der Waals surface area (Å²) < 4.78 is 30.7. The maximum absolute atomic E-state index is 11.9. The SMILES string of the molecule is CCOC(=O)CNS(=O)(=O)c1ccc(Br)c(C(=O)O)c1. The minimum Gasteiger partial charge on any atom is -0.478 e. The predicted molar refractivity (Wildman–Crippen MR) is 72.9 cm³/mol. The van der Waals surface area contributed by atoms with E-state index in [0.717, 1.165) is 6.07 Å². The molecule has 0 saturated heterocycles. The topological polar surface area (TPSA) is 110 Å². The summed E-state index contributed by atoms with van der Waals surface area (Å²) in [7, 11) is -3.98. The molecule has 0 saturated carbocycles. The molecule has 7 nitrogen and oxygen atoms in total. The van der Waals surface area contributed by atoms with Gasteiger partial charge in [0.15, 0.2) is 0 Å². The number of ether oxygens (including phenoxy) is 1. The summed E-state index contributed by atoms with van der Waals surface area (Å²) in [6.45, 7) is 1.22. The Bertz CT molecular complexity index is 628. The van der Waals surface area contributed by atoms with E-state index in [4.69, 9.17) is 5.11 Å². The lowest BCUT2D eigenvalue weighted by molar-refractivity contribution is -0.141. The van der Waals surface area contributed by atoms with E-state index in [1.165, 1.54) is 12.1 Å². The number of rotatable bonds is 6. The first kappa shape index (κ1) is 16.6. The lowest BCUT2D eigenvalue weighted by atomic mass is 10.2. The van der Waals surface area contributed by atoms with E-state index < -0.39 is 28.5 Å². The highest BCUT2D eigenvalue weighted by atomic mass is 79.9. The van der Waals surface area contributed by atoms with E-state index in [-0.39, 0.29) is 21.5 Å². The molecule has 0 spiro atoms. The summed E-state index contributed by atoms with van der Waals surface area (Å²) in [5.74, 6) is -1.98. The average molecular weight is 366 g/mol. The van der Waals surface area contributed by atoms with Crippen molar-refractivity contribution in [2.45, 2.75) is 11.8 Å². The highest BCUT2D eigenvalue weighted by Gasteiger charge is 2.19. The van der Waals surface area contributed by atoms with Crippen LogP contribution < -0.4 is 4.72 Å². The van der Waals surface area contributed by atoms with Gasteiger partial charge in [-0.2, -0.15) is 4.72 Å². The quantitative estimate of drug-likeness (QED) is 0.727. The number of carbonyl (C=O) groups is 2. The normalized spacial score (nSPS) is 11.1. The third-order valence-electron chi connectivity index (χ3n) is 2.19. The first-order valence-corrected chi connectivity index (χ1v) is 7.73. The van der Waals surface area contributed by atoms with Gasteiger partial charge in [-0.05, 0) is 41.1 Å². The molecule has 0 bridgehead atoms. The lowest BCUT2D eigenvalue weighted by Crippen LogP contribution is -2.30. The molecule has 0 aliphatic rings. The molecular weight excluding hydrogens is 354 g/mol. The zero-order chi connectivity index (χ0) is 15.3. The van der Waals surface area contributed by atoms with Gasteiger partial charge in [0.1, 0.15) is 6.54 Å². The molecule has 0 aliphatic heterocycles. The molecule has 9 heteroatoms. The fourth-order valence-corrected chi connectivity index (χ4v) is 2.70. The molecule has 1 rings (SSSR count). The molecule has 110 valence electrons. The van der Waals surface area contributed by atoms with Crippen molar-refractivity contribution in [2.75, 3.05) is 13.2 Å². The number of carbonyl (C=O) groups excluding carboxylic acids is 1. The summed E-state index contributed by atoms with van der Waals surface area (Å²) in [5.41, 5.74) is -0.191. The highest BCUT2D eigenvalue weighted by molar-refractivity contribution is 9.10. The van der Waals surface area contributed by atoms with Gasteiger partial charge in [-0.3, -0.25) is 4.79 Å². The molecule has 20 heavy (non-hydrogen) atoms. The van der Waals surface area contributed by atoms with Crippen molar-refractivity contribution < 1.29 is 27.9 Å². The van der Waals surface area contributed by atoms with Crippen LogP contribution in [0.25, 0.3) is 0 Å². The van der Waals surface area contributed by atoms with E-state index in [0.29, 0.717) is 0 Å². The average Bonchev–Trinajstić information content (AvgIpc) is 2.37. The largest absolute Gasteiger partial charge is 0.478 e. The molecule has 0 heterocycles. The summed E-state index contributed by atoms with van der Waals surface area (Å²) in [4.78, 5) is 21.8. The first-order chi connectivity index (χ1) is 9.27. The Hall–Kier alpha value is -1.45. The van der Waals surface area contributed by atoms with Gasteiger partial charge >= 0.3 is 11.9 Å². The third-order valence-corrected chi connectivity index (χ3v) is 4.28. The molecule has 0 radical (unpaired) electrons. The first-order valence-electron chi connectivity index (χ1n) is 5.46. The van der Waals surface area contributed by atoms with Crippen molar-refractivity contribution in [3.63, 3.8) is 0 Å². The van der Waals surface area contributed by atoms with Gasteiger partial charge in [-0.1, -0.05) is 0 Å². The molecule has 0 aliphatic carbocycles. The highest BCUT2D eigenvalue weighted by Crippen LogP contribution is 2.20. The van der Waals surface area contributed by atoms with Gasteiger partial charge < -0.3 is 9.84 Å². The number of carboxylic acid groups (broad SMARTS) is 1. The second kappa shape index (κ2) is 6.82. The molecule has 0 aromatic heterocycles. The van der Waals surface area contributed by atoms with Gasteiger partial charge in [0.2, 0.25) is 10.0 Å². The fourth-order valence-electron chi connectivity index (χ4n) is 1.28. The molecule has 2 N–H and O–H groups in total. The van der Waals surface area contributed by atoms with Crippen molar-refractivity contribution >= 4 is 37.9 Å². The minimum atomic E-state index is -3.98. The van der Waals surface area contributed by atoms with E-state index in [1.807, 2.05) is 4.72 Å². The molecule has 1 aromatic rings. The van der Waals surface area contributed by atoms with Crippen LogP contribution in [0, 0.1) is 0 Å². The Balaban J connectivity index is 2.96. The van der Waals surface area contributed by atoms with Crippen LogP contribution in [0.4, 0.5) is 0 Å². The summed E-state index contributed by atoms with van der Waals surface area (Å²) in [6, 6.07) is 3.53. The number of aromatic carboxylic acids is 1. The van der Waals surface area contributed by atoms with Crippen molar-refractivity contribution in [2.24, 2.45) is 0 Å². The Morgan fingerprint density at radius 2 is 2.05 bits per heavy atom.